The molecule has 2 fully saturated rings. The molecular formula is C15H28N2O. The van der Waals surface area contributed by atoms with Crippen LogP contribution in [0.25, 0.3) is 0 Å². The van der Waals surface area contributed by atoms with E-state index in [-0.39, 0.29) is 0 Å². The van der Waals surface area contributed by atoms with Crippen molar-refractivity contribution in [3.05, 3.63) is 0 Å². The highest BCUT2D eigenvalue weighted by Crippen LogP contribution is 2.23. The Kier molecular flexibility index (Phi) is 5.48. The van der Waals surface area contributed by atoms with Crippen LogP contribution in [-0.2, 0) is 4.79 Å². The van der Waals surface area contributed by atoms with Crippen molar-refractivity contribution in [3.63, 3.8) is 0 Å². The summed E-state index contributed by atoms with van der Waals surface area (Å²) in [6.45, 7) is 6.51. The third-order valence-electron chi connectivity index (χ3n) is 4.60. The first-order valence-corrected chi connectivity index (χ1v) is 7.76. The van der Waals surface area contributed by atoms with E-state index >= 15 is 0 Å². The van der Waals surface area contributed by atoms with Crippen molar-refractivity contribution in [1.29, 1.82) is 0 Å². The van der Waals surface area contributed by atoms with Crippen molar-refractivity contribution >= 4 is 5.91 Å². The van der Waals surface area contributed by atoms with Crippen molar-refractivity contribution in [2.45, 2.75) is 51.9 Å². The van der Waals surface area contributed by atoms with Crippen LogP contribution in [0.1, 0.15) is 51.9 Å². The van der Waals surface area contributed by atoms with Gasteiger partial charge in [0.05, 0.1) is 0 Å². The molecule has 0 aromatic carbocycles. The lowest BCUT2D eigenvalue weighted by atomic mass is 9.85. The van der Waals surface area contributed by atoms with Crippen LogP contribution in [0.5, 0.6) is 0 Å². The quantitative estimate of drug-likeness (QED) is 0.836. The minimum atomic E-state index is 0.398. The number of rotatable bonds is 3. The smallest absolute Gasteiger partial charge is 0.222 e. The van der Waals surface area contributed by atoms with Crippen LogP contribution in [0.3, 0.4) is 0 Å². The van der Waals surface area contributed by atoms with Crippen LogP contribution >= 0.6 is 0 Å². The monoisotopic (exact) mass is 252 g/mol. The van der Waals surface area contributed by atoms with Gasteiger partial charge in [0.2, 0.25) is 5.91 Å². The molecule has 0 aromatic heterocycles. The number of hydrogen-bond donors (Lipinski definition) is 1. The molecule has 2 heterocycles. The highest BCUT2D eigenvalue weighted by molar-refractivity contribution is 5.76. The average molecular weight is 252 g/mol. The second-order valence-electron chi connectivity index (χ2n) is 6.08. The van der Waals surface area contributed by atoms with Gasteiger partial charge in [-0.2, -0.15) is 0 Å². The summed E-state index contributed by atoms with van der Waals surface area (Å²) in [5, 5.41) is 3.45. The van der Waals surface area contributed by atoms with E-state index in [4.69, 9.17) is 0 Å². The topological polar surface area (TPSA) is 32.3 Å². The number of nitrogens with zero attached hydrogens (tertiary/aromatic N) is 1. The Morgan fingerprint density at radius 3 is 2.56 bits per heavy atom. The van der Waals surface area contributed by atoms with E-state index in [0.717, 1.165) is 32.6 Å². The fraction of sp³-hybridized carbons (Fsp3) is 0.933. The lowest BCUT2D eigenvalue weighted by Gasteiger charge is -2.30. The van der Waals surface area contributed by atoms with E-state index in [1.54, 1.807) is 0 Å². The Balaban J connectivity index is 1.77. The van der Waals surface area contributed by atoms with Crippen LogP contribution in [0, 0.1) is 11.8 Å². The molecule has 2 rings (SSSR count). The van der Waals surface area contributed by atoms with Gasteiger partial charge in [0.25, 0.3) is 0 Å². The standard InChI is InChI=1S/C15H28N2O/c1-13(14-7-6-8-16-12-14)11-15(18)17-9-4-2-3-5-10-17/h13-14,16H,2-12H2,1H3. The summed E-state index contributed by atoms with van der Waals surface area (Å²) in [6, 6.07) is 0. The first-order valence-electron chi connectivity index (χ1n) is 7.76. The number of likely N-dealkylation sites (tertiary alicyclic amines) is 1. The third-order valence-corrected chi connectivity index (χ3v) is 4.60. The van der Waals surface area contributed by atoms with Gasteiger partial charge in [0.15, 0.2) is 0 Å². The Bertz CT molecular complexity index is 253. The van der Waals surface area contributed by atoms with E-state index in [0.29, 0.717) is 17.7 Å². The van der Waals surface area contributed by atoms with Crippen LogP contribution in [-0.4, -0.2) is 37.0 Å². The minimum absolute atomic E-state index is 0.398. The van der Waals surface area contributed by atoms with Crippen molar-refractivity contribution < 1.29 is 4.79 Å². The molecule has 2 unspecified atom stereocenters. The van der Waals surface area contributed by atoms with Gasteiger partial charge in [0.1, 0.15) is 0 Å². The van der Waals surface area contributed by atoms with Crippen LogP contribution < -0.4 is 5.32 Å². The van der Waals surface area contributed by atoms with Crippen molar-refractivity contribution in [1.82, 2.24) is 10.2 Å². The first kappa shape index (κ1) is 13.9. The lowest BCUT2D eigenvalue weighted by molar-refractivity contribution is -0.132. The van der Waals surface area contributed by atoms with Gasteiger partial charge in [-0.3, -0.25) is 4.79 Å². The van der Waals surface area contributed by atoms with Gasteiger partial charge in [0, 0.05) is 19.5 Å². The summed E-state index contributed by atoms with van der Waals surface area (Å²) in [5.41, 5.74) is 0. The number of nitrogens with one attached hydrogen (secondary N) is 1. The predicted molar refractivity (Wildman–Crippen MR) is 74.4 cm³/mol. The number of amides is 1. The van der Waals surface area contributed by atoms with Crippen LogP contribution in [0.4, 0.5) is 0 Å². The zero-order valence-corrected chi connectivity index (χ0v) is 11.8. The summed E-state index contributed by atoms with van der Waals surface area (Å²) in [6.07, 6.45) is 8.31. The van der Waals surface area contributed by atoms with E-state index in [1.807, 2.05) is 0 Å². The molecule has 2 aliphatic rings. The molecule has 104 valence electrons. The molecule has 2 saturated heterocycles. The Hall–Kier alpha value is -0.570. The molecule has 0 radical (unpaired) electrons. The van der Waals surface area contributed by atoms with Crippen LogP contribution in [0.15, 0.2) is 0 Å². The molecule has 1 amide bonds. The zero-order valence-electron chi connectivity index (χ0n) is 11.8. The normalized spacial score (nSPS) is 27.6. The van der Waals surface area contributed by atoms with Crippen molar-refractivity contribution in [2.75, 3.05) is 26.2 Å². The SMILES string of the molecule is CC(CC(=O)N1CCCCCC1)C1CCCNC1. The summed E-state index contributed by atoms with van der Waals surface area (Å²) >= 11 is 0. The highest BCUT2D eigenvalue weighted by Gasteiger charge is 2.24. The fourth-order valence-corrected chi connectivity index (χ4v) is 3.26. The molecule has 2 atom stereocenters. The Morgan fingerprint density at radius 1 is 1.22 bits per heavy atom. The first-order chi connectivity index (χ1) is 8.77. The maximum Gasteiger partial charge on any atom is 0.222 e. The Morgan fingerprint density at radius 2 is 1.94 bits per heavy atom. The molecule has 0 bridgehead atoms. The minimum Gasteiger partial charge on any atom is -0.343 e. The van der Waals surface area contributed by atoms with Gasteiger partial charge in [-0.1, -0.05) is 19.8 Å². The average Bonchev–Trinajstić information content (AvgIpc) is 2.68. The van der Waals surface area contributed by atoms with Gasteiger partial charge in [-0.05, 0) is 50.6 Å². The zero-order chi connectivity index (χ0) is 12.8. The lowest BCUT2D eigenvalue weighted by Crippen LogP contribution is -2.37. The highest BCUT2D eigenvalue weighted by atomic mass is 16.2. The Labute approximate surface area is 111 Å². The summed E-state index contributed by atoms with van der Waals surface area (Å²) in [4.78, 5) is 14.4. The van der Waals surface area contributed by atoms with Crippen molar-refractivity contribution in [3.8, 4) is 0 Å². The van der Waals surface area contributed by atoms with Gasteiger partial charge < -0.3 is 10.2 Å². The summed E-state index contributed by atoms with van der Waals surface area (Å²) in [5.74, 6) is 1.64. The molecule has 3 nitrogen and oxygen atoms in total. The number of piperidine rings is 1. The molecule has 3 heteroatoms. The number of hydrogen-bond acceptors (Lipinski definition) is 2. The van der Waals surface area contributed by atoms with Crippen molar-refractivity contribution in [2.24, 2.45) is 11.8 Å². The van der Waals surface area contributed by atoms with E-state index in [1.165, 1.54) is 38.5 Å². The molecule has 0 spiro atoms. The summed E-state index contributed by atoms with van der Waals surface area (Å²) in [7, 11) is 0. The van der Waals surface area contributed by atoms with E-state index < -0.39 is 0 Å². The molecule has 0 aromatic rings. The van der Waals surface area contributed by atoms with E-state index in [9.17, 15) is 4.79 Å². The second-order valence-corrected chi connectivity index (χ2v) is 6.08. The van der Waals surface area contributed by atoms with Crippen LogP contribution in [0.2, 0.25) is 0 Å². The fourth-order valence-electron chi connectivity index (χ4n) is 3.26. The van der Waals surface area contributed by atoms with Gasteiger partial charge >= 0.3 is 0 Å². The summed E-state index contributed by atoms with van der Waals surface area (Å²) < 4.78 is 0. The van der Waals surface area contributed by atoms with Gasteiger partial charge in [-0.15, -0.1) is 0 Å². The molecule has 0 aliphatic carbocycles. The molecule has 18 heavy (non-hydrogen) atoms. The molecular weight excluding hydrogens is 224 g/mol. The third kappa shape index (κ3) is 3.98. The second kappa shape index (κ2) is 7.13. The maximum absolute atomic E-state index is 12.3. The molecule has 0 saturated carbocycles. The van der Waals surface area contributed by atoms with E-state index in [2.05, 4.69) is 17.1 Å². The predicted octanol–water partition coefficient (Wildman–Crippen LogP) is 2.41. The largest absolute Gasteiger partial charge is 0.343 e. The van der Waals surface area contributed by atoms with Gasteiger partial charge in [-0.25, -0.2) is 0 Å². The molecule has 1 N–H and O–H groups in total. The molecule has 2 aliphatic heterocycles. The number of carbonyl (C=O) groups is 1. The number of carbonyl (C=O) groups excluding carboxylic acids is 1. The maximum atomic E-state index is 12.3.